The Morgan fingerprint density at radius 3 is 2.32 bits per heavy atom. The van der Waals surface area contributed by atoms with Crippen LogP contribution in [0.2, 0.25) is 0 Å². The molecule has 3 rings (SSSR count). The van der Waals surface area contributed by atoms with Crippen molar-refractivity contribution in [3.8, 4) is 0 Å². The molecular formula is C22H30N2O4. The molecule has 0 aromatic heterocycles. The Labute approximate surface area is 166 Å². The molecule has 2 aliphatic rings. The highest BCUT2D eigenvalue weighted by molar-refractivity contribution is 6.35. The standard InChI is InChI=1S/C22H30N2O4/c1-2-28-22(27)19-9-6-12-24(16-19)21(26)20(25)23-13-10-18(11-14-23)15-17-7-4-3-5-8-17/h3-5,7-8,18-19H,2,6,9-16H2,1H3. The third kappa shape index (κ3) is 5.12. The second kappa shape index (κ2) is 9.71. The van der Waals surface area contributed by atoms with E-state index in [1.54, 1.807) is 11.8 Å². The molecule has 0 bridgehead atoms. The number of hydrogen-bond donors (Lipinski definition) is 0. The van der Waals surface area contributed by atoms with E-state index in [0.717, 1.165) is 25.7 Å². The topological polar surface area (TPSA) is 66.9 Å². The molecule has 0 spiro atoms. The van der Waals surface area contributed by atoms with Crippen LogP contribution in [0, 0.1) is 11.8 Å². The lowest BCUT2D eigenvalue weighted by Gasteiger charge is -2.35. The lowest BCUT2D eigenvalue weighted by molar-refractivity contribution is -0.157. The van der Waals surface area contributed by atoms with Gasteiger partial charge in [-0.05, 0) is 50.5 Å². The van der Waals surface area contributed by atoms with Gasteiger partial charge in [-0.1, -0.05) is 30.3 Å². The van der Waals surface area contributed by atoms with Gasteiger partial charge in [0.2, 0.25) is 0 Å². The first kappa shape index (κ1) is 20.4. The number of carbonyl (C=O) groups is 3. The van der Waals surface area contributed by atoms with E-state index in [1.165, 1.54) is 10.5 Å². The number of rotatable bonds is 4. The second-order valence-corrected chi connectivity index (χ2v) is 7.77. The van der Waals surface area contributed by atoms with Gasteiger partial charge in [-0.2, -0.15) is 0 Å². The SMILES string of the molecule is CCOC(=O)C1CCCN(C(=O)C(=O)N2CCC(Cc3ccccc3)CC2)C1. The van der Waals surface area contributed by atoms with Gasteiger partial charge in [0, 0.05) is 26.2 Å². The fourth-order valence-electron chi connectivity index (χ4n) is 4.17. The number of piperidine rings is 2. The molecule has 2 heterocycles. The monoisotopic (exact) mass is 386 g/mol. The minimum atomic E-state index is -0.476. The molecule has 2 fully saturated rings. The highest BCUT2D eigenvalue weighted by Gasteiger charge is 2.35. The maximum Gasteiger partial charge on any atom is 0.312 e. The summed E-state index contributed by atoms with van der Waals surface area (Å²) in [7, 11) is 0. The van der Waals surface area contributed by atoms with Crippen molar-refractivity contribution >= 4 is 17.8 Å². The molecule has 2 saturated heterocycles. The van der Waals surface area contributed by atoms with Gasteiger partial charge in [0.1, 0.15) is 0 Å². The van der Waals surface area contributed by atoms with Crippen molar-refractivity contribution in [3.05, 3.63) is 35.9 Å². The Hall–Kier alpha value is -2.37. The first-order valence-electron chi connectivity index (χ1n) is 10.4. The highest BCUT2D eigenvalue weighted by atomic mass is 16.5. The van der Waals surface area contributed by atoms with Gasteiger partial charge in [-0.25, -0.2) is 0 Å². The third-order valence-corrected chi connectivity index (χ3v) is 5.78. The van der Waals surface area contributed by atoms with Crippen LogP contribution in [0.3, 0.4) is 0 Å². The summed E-state index contributed by atoms with van der Waals surface area (Å²) in [6, 6.07) is 10.4. The lowest BCUT2D eigenvalue weighted by atomic mass is 9.90. The Bertz CT molecular complexity index is 683. The van der Waals surface area contributed by atoms with Crippen molar-refractivity contribution in [1.82, 2.24) is 9.80 Å². The molecule has 152 valence electrons. The van der Waals surface area contributed by atoms with Gasteiger partial charge in [0.05, 0.1) is 12.5 Å². The van der Waals surface area contributed by atoms with Gasteiger partial charge in [-0.15, -0.1) is 0 Å². The summed E-state index contributed by atoms with van der Waals surface area (Å²) in [5, 5.41) is 0. The largest absolute Gasteiger partial charge is 0.466 e. The van der Waals surface area contributed by atoms with E-state index in [1.807, 2.05) is 6.07 Å². The molecule has 2 amide bonds. The van der Waals surface area contributed by atoms with E-state index >= 15 is 0 Å². The summed E-state index contributed by atoms with van der Waals surface area (Å²) in [4.78, 5) is 40.5. The zero-order valence-corrected chi connectivity index (χ0v) is 16.6. The van der Waals surface area contributed by atoms with Crippen LogP contribution in [-0.4, -0.2) is 60.4 Å². The summed E-state index contributed by atoms with van der Waals surface area (Å²) in [6.45, 7) is 4.17. The Kier molecular flexibility index (Phi) is 7.06. The van der Waals surface area contributed by atoms with E-state index in [9.17, 15) is 14.4 Å². The predicted molar refractivity (Wildman–Crippen MR) is 105 cm³/mol. The number of likely N-dealkylation sites (tertiary alicyclic amines) is 2. The molecule has 1 atom stereocenters. The molecule has 0 aliphatic carbocycles. The van der Waals surface area contributed by atoms with Crippen LogP contribution >= 0.6 is 0 Å². The molecule has 1 aromatic rings. The van der Waals surface area contributed by atoms with E-state index in [2.05, 4.69) is 24.3 Å². The average Bonchev–Trinajstić information content (AvgIpc) is 2.74. The van der Waals surface area contributed by atoms with E-state index < -0.39 is 11.8 Å². The van der Waals surface area contributed by atoms with Crippen molar-refractivity contribution in [2.24, 2.45) is 11.8 Å². The van der Waals surface area contributed by atoms with Gasteiger partial charge >= 0.3 is 17.8 Å². The molecule has 0 saturated carbocycles. The molecule has 0 radical (unpaired) electrons. The molecule has 1 unspecified atom stereocenters. The van der Waals surface area contributed by atoms with Crippen molar-refractivity contribution in [2.75, 3.05) is 32.8 Å². The summed E-state index contributed by atoms with van der Waals surface area (Å²) >= 11 is 0. The molecule has 28 heavy (non-hydrogen) atoms. The van der Waals surface area contributed by atoms with E-state index in [4.69, 9.17) is 4.74 Å². The normalized spacial score (nSPS) is 20.7. The van der Waals surface area contributed by atoms with Crippen molar-refractivity contribution in [3.63, 3.8) is 0 Å². The minimum absolute atomic E-state index is 0.269. The first-order chi connectivity index (χ1) is 13.6. The smallest absolute Gasteiger partial charge is 0.312 e. The third-order valence-electron chi connectivity index (χ3n) is 5.78. The van der Waals surface area contributed by atoms with Crippen LogP contribution in [-0.2, 0) is 25.5 Å². The molecular weight excluding hydrogens is 356 g/mol. The van der Waals surface area contributed by atoms with Gasteiger partial charge in [0.15, 0.2) is 0 Å². The maximum atomic E-state index is 12.7. The Balaban J connectivity index is 1.49. The van der Waals surface area contributed by atoms with Crippen LogP contribution in [0.15, 0.2) is 30.3 Å². The van der Waals surface area contributed by atoms with Crippen LogP contribution in [0.5, 0.6) is 0 Å². The highest BCUT2D eigenvalue weighted by Crippen LogP contribution is 2.23. The zero-order valence-electron chi connectivity index (χ0n) is 16.6. The number of ether oxygens (including phenoxy) is 1. The predicted octanol–water partition coefficient (Wildman–Crippen LogP) is 2.27. The molecule has 1 aromatic carbocycles. The second-order valence-electron chi connectivity index (χ2n) is 7.77. The molecule has 2 aliphatic heterocycles. The fourth-order valence-corrected chi connectivity index (χ4v) is 4.17. The quantitative estimate of drug-likeness (QED) is 0.588. The van der Waals surface area contributed by atoms with Crippen LogP contribution in [0.25, 0.3) is 0 Å². The Morgan fingerprint density at radius 1 is 0.964 bits per heavy atom. The summed E-state index contributed by atoms with van der Waals surface area (Å²) in [5.41, 5.74) is 1.32. The number of hydrogen-bond acceptors (Lipinski definition) is 4. The molecule has 0 N–H and O–H groups in total. The van der Waals surface area contributed by atoms with Crippen molar-refractivity contribution in [2.45, 2.75) is 39.0 Å². The molecule has 6 nitrogen and oxygen atoms in total. The van der Waals surface area contributed by atoms with Crippen molar-refractivity contribution in [1.29, 1.82) is 0 Å². The minimum Gasteiger partial charge on any atom is -0.466 e. The van der Waals surface area contributed by atoms with Crippen molar-refractivity contribution < 1.29 is 19.1 Å². The van der Waals surface area contributed by atoms with E-state index in [-0.39, 0.29) is 18.4 Å². The summed E-state index contributed by atoms with van der Waals surface area (Å²) in [5.74, 6) is -0.945. The lowest BCUT2D eigenvalue weighted by Crippen LogP contribution is -2.51. The van der Waals surface area contributed by atoms with Crippen LogP contribution in [0.4, 0.5) is 0 Å². The first-order valence-corrected chi connectivity index (χ1v) is 10.4. The average molecular weight is 386 g/mol. The van der Waals surface area contributed by atoms with Gasteiger partial charge in [0.25, 0.3) is 0 Å². The summed E-state index contributed by atoms with van der Waals surface area (Å²) in [6.07, 6.45) is 4.28. The van der Waals surface area contributed by atoms with Crippen LogP contribution < -0.4 is 0 Å². The maximum absolute atomic E-state index is 12.7. The summed E-state index contributed by atoms with van der Waals surface area (Å²) < 4.78 is 5.07. The number of benzene rings is 1. The number of amides is 2. The Morgan fingerprint density at radius 2 is 1.64 bits per heavy atom. The van der Waals surface area contributed by atoms with E-state index in [0.29, 0.717) is 38.6 Å². The fraction of sp³-hybridized carbons (Fsp3) is 0.591. The number of esters is 1. The molecule has 6 heteroatoms. The van der Waals surface area contributed by atoms with Gasteiger partial charge < -0.3 is 14.5 Å². The van der Waals surface area contributed by atoms with Crippen LogP contribution in [0.1, 0.15) is 38.2 Å². The number of carbonyl (C=O) groups excluding carboxylic acids is 3. The number of nitrogens with zero attached hydrogens (tertiary/aromatic N) is 2. The zero-order chi connectivity index (χ0) is 19.9. The van der Waals surface area contributed by atoms with Gasteiger partial charge in [-0.3, -0.25) is 14.4 Å².